The molecule has 11 nitrogen and oxygen atoms in total. The number of nitrogens with one attached hydrogen (secondary N) is 6. The van der Waals surface area contributed by atoms with Crippen LogP contribution in [0.5, 0.6) is 0 Å². The number of hydrogen-bond donors (Lipinski definition) is 6. The molecule has 4 saturated heterocycles. The summed E-state index contributed by atoms with van der Waals surface area (Å²) in [5.74, 6) is 0.594. The standard InChI is InChI=1S/C28H46FN9O2/c1-4-25(39)37-12-11-36(14-17(37)2)23-8-6-21-27(35-23)28(32-15-30-21)34-20-5-7-22(18(3)26(20)29)40-19-9-10-38-24(13-19)31-16-33-38/h4,9-10,13,17-18,20-24,26-28,30-35H,1,5-8,11-12,14-16H2,2-3H3/t17-,18?,20?,21?,22?,23?,24?,26?,27?,28?/m1/s1. The van der Waals surface area contributed by atoms with Crippen molar-refractivity contribution in [3.63, 3.8) is 0 Å². The van der Waals surface area contributed by atoms with Crippen LogP contribution in [-0.4, -0.2) is 109 Å². The van der Waals surface area contributed by atoms with Crippen molar-refractivity contribution in [3.05, 3.63) is 36.8 Å². The van der Waals surface area contributed by atoms with Gasteiger partial charge < -0.3 is 9.64 Å². The van der Waals surface area contributed by atoms with Crippen molar-refractivity contribution < 1.29 is 13.9 Å². The Bertz CT molecular complexity index is 997. The fraction of sp³-hybridized carbons (Fsp3) is 0.750. The minimum Gasteiger partial charge on any atom is -0.490 e. The van der Waals surface area contributed by atoms with Gasteiger partial charge in [0.15, 0.2) is 0 Å². The van der Waals surface area contributed by atoms with Crippen LogP contribution in [-0.2, 0) is 9.53 Å². The van der Waals surface area contributed by atoms with Crippen LogP contribution in [0.2, 0.25) is 0 Å². The highest BCUT2D eigenvalue weighted by Crippen LogP contribution is 2.33. The maximum atomic E-state index is 15.9. The van der Waals surface area contributed by atoms with Crippen molar-refractivity contribution in [3.8, 4) is 0 Å². The number of allylic oxidation sites excluding steroid dienone is 1. The van der Waals surface area contributed by atoms with E-state index in [9.17, 15) is 4.79 Å². The first-order chi connectivity index (χ1) is 19.4. The summed E-state index contributed by atoms with van der Waals surface area (Å²) in [6, 6.07) is 0.384. The Balaban J connectivity index is 1.04. The summed E-state index contributed by atoms with van der Waals surface area (Å²) in [5, 5.41) is 20.1. The van der Waals surface area contributed by atoms with Gasteiger partial charge in [0.05, 0.1) is 25.0 Å². The molecular formula is C28H46FN9O2. The molecule has 5 aliphatic heterocycles. The zero-order valence-corrected chi connectivity index (χ0v) is 23.7. The first-order valence-electron chi connectivity index (χ1n) is 15.0. The van der Waals surface area contributed by atoms with E-state index in [-0.39, 0.29) is 54.6 Å². The fourth-order valence-electron chi connectivity index (χ4n) is 7.34. The van der Waals surface area contributed by atoms with Gasteiger partial charge >= 0.3 is 0 Å². The van der Waals surface area contributed by atoms with Crippen LogP contribution in [0, 0.1) is 5.92 Å². The van der Waals surface area contributed by atoms with Crippen molar-refractivity contribution in [1.29, 1.82) is 0 Å². The van der Waals surface area contributed by atoms with Gasteiger partial charge in [-0.1, -0.05) is 13.5 Å². The summed E-state index contributed by atoms with van der Waals surface area (Å²) in [6.07, 6.45) is 10.1. The van der Waals surface area contributed by atoms with Crippen molar-refractivity contribution in [2.24, 2.45) is 5.92 Å². The maximum absolute atomic E-state index is 15.9. The summed E-state index contributed by atoms with van der Waals surface area (Å²) in [7, 11) is 0. The number of fused-ring (bicyclic) bond motifs is 2. The molecule has 12 heteroatoms. The van der Waals surface area contributed by atoms with E-state index in [1.807, 2.05) is 35.2 Å². The van der Waals surface area contributed by atoms with Gasteiger partial charge in [0.25, 0.3) is 0 Å². The van der Waals surface area contributed by atoms with E-state index in [1.165, 1.54) is 6.08 Å². The predicted octanol–water partition coefficient (Wildman–Crippen LogP) is -0.156. The Kier molecular flexibility index (Phi) is 8.45. The van der Waals surface area contributed by atoms with Gasteiger partial charge in [-0.15, -0.1) is 0 Å². The molecule has 0 aromatic carbocycles. The molecule has 40 heavy (non-hydrogen) atoms. The molecule has 0 radical (unpaired) electrons. The third kappa shape index (κ3) is 5.67. The van der Waals surface area contributed by atoms with Gasteiger partial charge in [-0.3, -0.25) is 41.3 Å². The fourth-order valence-corrected chi connectivity index (χ4v) is 7.34. The summed E-state index contributed by atoms with van der Waals surface area (Å²) in [5.41, 5.74) is 3.23. The third-order valence-corrected chi connectivity index (χ3v) is 9.68. The first-order valence-corrected chi connectivity index (χ1v) is 15.0. The zero-order valence-electron chi connectivity index (χ0n) is 23.7. The smallest absolute Gasteiger partial charge is 0.246 e. The van der Waals surface area contributed by atoms with E-state index in [0.29, 0.717) is 25.9 Å². The molecule has 0 aromatic rings. The SMILES string of the molecule is C=CC(=O)N1CCN(C2CCC3NCNC(NC4CCC(OC5=CC6NCNN6C=C5)C(C)C4F)C3N2)C[C@H]1C. The second-order valence-corrected chi connectivity index (χ2v) is 12.1. The number of hydrazine groups is 1. The molecule has 6 rings (SSSR count). The van der Waals surface area contributed by atoms with Crippen LogP contribution in [0.3, 0.4) is 0 Å². The van der Waals surface area contributed by atoms with E-state index in [2.05, 4.69) is 50.4 Å². The summed E-state index contributed by atoms with van der Waals surface area (Å²) < 4.78 is 22.2. The molecule has 0 bridgehead atoms. The predicted molar refractivity (Wildman–Crippen MR) is 151 cm³/mol. The first kappa shape index (κ1) is 28.1. The Morgan fingerprint density at radius 2 is 2.02 bits per heavy atom. The molecule has 6 N–H and O–H groups in total. The molecule has 0 aromatic heterocycles. The van der Waals surface area contributed by atoms with E-state index in [0.717, 1.165) is 44.5 Å². The van der Waals surface area contributed by atoms with Crippen LogP contribution < -0.4 is 32.0 Å². The number of alkyl halides is 1. The molecule has 5 heterocycles. The number of ether oxygens (including phenoxy) is 1. The van der Waals surface area contributed by atoms with E-state index < -0.39 is 6.17 Å². The van der Waals surface area contributed by atoms with Crippen LogP contribution in [0.15, 0.2) is 36.8 Å². The lowest BCUT2D eigenvalue weighted by Crippen LogP contribution is -2.76. The van der Waals surface area contributed by atoms with Crippen molar-refractivity contribution >= 4 is 5.91 Å². The number of piperazine rings is 1. The topological polar surface area (TPSA) is 108 Å². The normalized spacial score (nSPS) is 42.1. The lowest BCUT2D eigenvalue weighted by atomic mass is 9.82. The molecule has 6 aliphatic rings. The van der Waals surface area contributed by atoms with E-state index >= 15 is 4.39 Å². The van der Waals surface area contributed by atoms with Gasteiger partial charge in [0.2, 0.25) is 5.91 Å². The van der Waals surface area contributed by atoms with E-state index in [4.69, 9.17) is 4.74 Å². The molecule has 1 aliphatic carbocycles. The number of carbonyl (C=O) groups excluding carboxylic acids is 1. The minimum absolute atomic E-state index is 0.00517. The Labute approximate surface area is 236 Å². The number of rotatable bonds is 6. The number of carbonyl (C=O) groups is 1. The second-order valence-electron chi connectivity index (χ2n) is 12.1. The van der Waals surface area contributed by atoms with Crippen LogP contribution in [0.25, 0.3) is 0 Å². The molecule has 0 spiro atoms. The van der Waals surface area contributed by atoms with E-state index in [1.54, 1.807) is 0 Å². The molecule has 10 atom stereocenters. The highest BCUT2D eigenvalue weighted by molar-refractivity contribution is 5.87. The molecule has 1 amide bonds. The molecular weight excluding hydrogens is 513 g/mol. The van der Waals surface area contributed by atoms with Crippen molar-refractivity contribution in [2.75, 3.05) is 33.0 Å². The molecule has 5 fully saturated rings. The summed E-state index contributed by atoms with van der Waals surface area (Å²) >= 11 is 0. The highest BCUT2D eigenvalue weighted by atomic mass is 19.1. The van der Waals surface area contributed by atoms with Crippen molar-refractivity contribution in [1.82, 2.24) is 46.8 Å². The number of nitrogens with zero attached hydrogens (tertiary/aromatic N) is 3. The highest BCUT2D eigenvalue weighted by Gasteiger charge is 2.44. The average molecular weight is 560 g/mol. The molecule has 222 valence electrons. The van der Waals surface area contributed by atoms with Crippen LogP contribution >= 0.6 is 0 Å². The summed E-state index contributed by atoms with van der Waals surface area (Å²) in [6.45, 7) is 11.5. The van der Waals surface area contributed by atoms with Gasteiger partial charge in [-0.25, -0.2) is 9.82 Å². The Morgan fingerprint density at radius 3 is 2.85 bits per heavy atom. The Hall–Kier alpha value is -2.06. The van der Waals surface area contributed by atoms with Gasteiger partial charge in [0, 0.05) is 56.5 Å². The average Bonchev–Trinajstić information content (AvgIpc) is 3.44. The lowest BCUT2D eigenvalue weighted by molar-refractivity contribution is -0.131. The largest absolute Gasteiger partial charge is 0.490 e. The van der Waals surface area contributed by atoms with Crippen LogP contribution in [0.1, 0.15) is 39.5 Å². The molecule has 1 saturated carbocycles. The maximum Gasteiger partial charge on any atom is 0.246 e. The minimum atomic E-state index is -1.000. The number of piperidine rings is 1. The van der Waals surface area contributed by atoms with Gasteiger partial charge in [-0.2, -0.15) is 0 Å². The molecule has 9 unspecified atom stereocenters. The Morgan fingerprint density at radius 1 is 1.15 bits per heavy atom. The third-order valence-electron chi connectivity index (χ3n) is 9.68. The van der Waals surface area contributed by atoms with Crippen molar-refractivity contribution in [2.45, 2.75) is 94.5 Å². The van der Waals surface area contributed by atoms with Gasteiger partial charge in [-0.05, 0) is 50.8 Å². The number of hydrogen-bond acceptors (Lipinski definition) is 10. The van der Waals surface area contributed by atoms with Crippen LogP contribution in [0.4, 0.5) is 4.39 Å². The number of halogens is 1. The van der Waals surface area contributed by atoms with Gasteiger partial charge in [0.1, 0.15) is 24.2 Å². The lowest BCUT2D eigenvalue weighted by Gasteiger charge is -2.51. The second kappa shape index (κ2) is 12.0. The zero-order chi connectivity index (χ0) is 27.8. The monoisotopic (exact) mass is 559 g/mol. The number of amides is 1. The quantitative estimate of drug-likeness (QED) is 0.246. The summed E-state index contributed by atoms with van der Waals surface area (Å²) in [4.78, 5) is 16.6.